The molecule has 2 atom stereocenters. The third kappa shape index (κ3) is 3.36. The molecule has 1 aliphatic heterocycles. The lowest BCUT2D eigenvalue weighted by molar-refractivity contribution is 0.0546. The predicted molar refractivity (Wildman–Crippen MR) is 80.4 cm³/mol. The number of benzene rings is 1. The molecule has 0 bridgehead atoms. The molecule has 1 nitrogen and oxygen atoms in total. The van der Waals surface area contributed by atoms with E-state index in [-0.39, 0.29) is 5.41 Å². The molecule has 0 radical (unpaired) electrons. The van der Waals surface area contributed by atoms with Crippen molar-refractivity contribution in [1.82, 2.24) is 0 Å². The van der Waals surface area contributed by atoms with Crippen LogP contribution in [0.15, 0.2) is 24.3 Å². The average Bonchev–Trinajstić information content (AvgIpc) is 2.38. The lowest BCUT2D eigenvalue weighted by atomic mass is 9.85. The number of hydrogen-bond acceptors (Lipinski definition) is 1. The van der Waals surface area contributed by atoms with Gasteiger partial charge >= 0.3 is 0 Å². The predicted octanol–water partition coefficient (Wildman–Crippen LogP) is 4.85. The molecule has 0 saturated carbocycles. The Hall–Kier alpha value is -0.340. The Kier molecular flexibility index (Phi) is 4.50. The highest BCUT2D eigenvalue weighted by Gasteiger charge is 2.23. The van der Waals surface area contributed by atoms with Gasteiger partial charge in [0.25, 0.3) is 0 Å². The minimum absolute atomic E-state index is 0.230. The highest BCUT2D eigenvalue weighted by atomic mass is 79.9. The molecule has 0 aromatic heterocycles. The van der Waals surface area contributed by atoms with Crippen molar-refractivity contribution < 1.29 is 4.74 Å². The summed E-state index contributed by atoms with van der Waals surface area (Å²) in [5.41, 5.74) is 3.00. The first-order valence-electron chi connectivity index (χ1n) is 6.81. The monoisotopic (exact) mass is 310 g/mol. The molecule has 1 aromatic carbocycles. The Morgan fingerprint density at radius 1 is 1.22 bits per heavy atom. The first-order valence-corrected chi connectivity index (χ1v) is 7.72. The van der Waals surface area contributed by atoms with Crippen LogP contribution < -0.4 is 0 Å². The lowest BCUT2D eigenvalue weighted by Gasteiger charge is -2.27. The molecule has 0 aliphatic carbocycles. The highest BCUT2D eigenvalue weighted by molar-refractivity contribution is 9.09. The number of rotatable bonds is 2. The summed E-state index contributed by atoms with van der Waals surface area (Å²) in [4.78, 5) is 0.423. The van der Waals surface area contributed by atoms with Crippen LogP contribution in [-0.4, -0.2) is 13.2 Å². The average molecular weight is 311 g/mol. The van der Waals surface area contributed by atoms with Gasteiger partial charge in [-0.15, -0.1) is 0 Å². The van der Waals surface area contributed by atoms with Crippen LogP contribution in [0.5, 0.6) is 0 Å². The fraction of sp³-hybridized carbons (Fsp3) is 0.625. The molecule has 2 unspecified atom stereocenters. The van der Waals surface area contributed by atoms with Crippen LogP contribution in [0.1, 0.15) is 49.6 Å². The summed E-state index contributed by atoms with van der Waals surface area (Å²) >= 11 is 3.84. The second-order valence-electron chi connectivity index (χ2n) is 6.25. The van der Waals surface area contributed by atoms with E-state index >= 15 is 0 Å². The molecule has 100 valence electrons. The zero-order chi connectivity index (χ0) is 13.2. The molecule has 18 heavy (non-hydrogen) atoms. The van der Waals surface area contributed by atoms with Crippen LogP contribution >= 0.6 is 15.9 Å². The summed E-state index contributed by atoms with van der Waals surface area (Å²) in [6, 6.07) is 9.03. The fourth-order valence-electron chi connectivity index (χ4n) is 2.44. The van der Waals surface area contributed by atoms with E-state index in [0.29, 0.717) is 10.7 Å². The van der Waals surface area contributed by atoms with E-state index in [4.69, 9.17) is 4.74 Å². The van der Waals surface area contributed by atoms with Gasteiger partial charge in [0.15, 0.2) is 0 Å². The van der Waals surface area contributed by atoms with Crippen LogP contribution in [0, 0.1) is 5.92 Å². The first-order chi connectivity index (χ1) is 8.48. The van der Waals surface area contributed by atoms with Crippen molar-refractivity contribution in [2.24, 2.45) is 5.92 Å². The number of alkyl halides is 1. The molecule has 1 saturated heterocycles. The Morgan fingerprint density at radius 2 is 1.89 bits per heavy atom. The largest absolute Gasteiger partial charge is 0.381 e. The highest BCUT2D eigenvalue weighted by Crippen LogP contribution is 2.36. The minimum atomic E-state index is 0.230. The smallest absolute Gasteiger partial charge is 0.0508 e. The fourth-order valence-corrected chi connectivity index (χ4v) is 3.16. The maximum absolute atomic E-state index is 5.57. The van der Waals surface area contributed by atoms with Gasteiger partial charge in [0.1, 0.15) is 0 Å². The van der Waals surface area contributed by atoms with Crippen molar-refractivity contribution >= 4 is 15.9 Å². The Labute approximate surface area is 119 Å². The van der Waals surface area contributed by atoms with Gasteiger partial charge in [0, 0.05) is 11.4 Å². The maximum atomic E-state index is 5.57. The van der Waals surface area contributed by atoms with Crippen LogP contribution in [0.4, 0.5) is 0 Å². The van der Waals surface area contributed by atoms with Crippen LogP contribution in [0.2, 0.25) is 0 Å². The van der Waals surface area contributed by atoms with E-state index in [2.05, 4.69) is 61.0 Å². The van der Waals surface area contributed by atoms with Crippen molar-refractivity contribution in [3.05, 3.63) is 35.4 Å². The Balaban J connectivity index is 2.09. The van der Waals surface area contributed by atoms with Crippen LogP contribution in [-0.2, 0) is 10.2 Å². The molecule has 1 aliphatic rings. The number of hydrogen-bond donors (Lipinski definition) is 0. The lowest BCUT2D eigenvalue weighted by Crippen LogP contribution is -2.21. The summed E-state index contributed by atoms with van der Waals surface area (Å²) < 4.78 is 5.57. The van der Waals surface area contributed by atoms with Crippen molar-refractivity contribution in [2.75, 3.05) is 13.2 Å². The summed E-state index contributed by atoms with van der Waals surface area (Å²) in [6.07, 6.45) is 2.45. The third-order valence-corrected chi connectivity index (χ3v) is 4.98. The number of halogens is 1. The zero-order valence-electron chi connectivity index (χ0n) is 11.6. The molecule has 0 spiro atoms. The summed E-state index contributed by atoms with van der Waals surface area (Å²) in [5.74, 6) is 0.610. The van der Waals surface area contributed by atoms with Gasteiger partial charge in [0.2, 0.25) is 0 Å². The van der Waals surface area contributed by atoms with Gasteiger partial charge < -0.3 is 4.74 Å². The molecule has 0 N–H and O–H groups in total. The topological polar surface area (TPSA) is 9.23 Å². The van der Waals surface area contributed by atoms with Gasteiger partial charge in [-0.25, -0.2) is 0 Å². The van der Waals surface area contributed by atoms with Gasteiger partial charge in [-0.3, -0.25) is 0 Å². The van der Waals surface area contributed by atoms with Crippen molar-refractivity contribution in [3.8, 4) is 0 Å². The minimum Gasteiger partial charge on any atom is -0.381 e. The standard InChI is InChI=1S/C16H23BrO/c1-16(2,3)14-8-6-12(7-9-14)15(17)13-5-4-10-18-11-13/h6-9,13,15H,4-5,10-11H2,1-3H3. The Morgan fingerprint density at radius 3 is 2.39 bits per heavy atom. The van der Waals surface area contributed by atoms with Gasteiger partial charge in [-0.1, -0.05) is 61.0 Å². The Bertz CT molecular complexity index is 371. The van der Waals surface area contributed by atoms with E-state index in [0.717, 1.165) is 13.2 Å². The van der Waals surface area contributed by atoms with Crippen molar-refractivity contribution in [2.45, 2.75) is 43.9 Å². The molecular weight excluding hydrogens is 288 g/mol. The van der Waals surface area contributed by atoms with E-state index in [1.54, 1.807) is 0 Å². The van der Waals surface area contributed by atoms with Crippen LogP contribution in [0.25, 0.3) is 0 Å². The van der Waals surface area contributed by atoms with E-state index in [9.17, 15) is 0 Å². The van der Waals surface area contributed by atoms with E-state index in [1.807, 2.05) is 0 Å². The van der Waals surface area contributed by atoms with E-state index in [1.165, 1.54) is 24.0 Å². The van der Waals surface area contributed by atoms with E-state index < -0.39 is 0 Å². The van der Waals surface area contributed by atoms with Gasteiger partial charge in [-0.2, -0.15) is 0 Å². The van der Waals surface area contributed by atoms with Crippen molar-refractivity contribution in [1.29, 1.82) is 0 Å². The molecule has 1 aromatic rings. The summed E-state index contributed by atoms with van der Waals surface area (Å²) in [6.45, 7) is 8.57. The molecule has 2 heteroatoms. The number of ether oxygens (including phenoxy) is 1. The molecule has 1 heterocycles. The molecule has 2 rings (SSSR count). The molecular formula is C16H23BrO. The summed E-state index contributed by atoms with van der Waals surface area (Å²) in [5, 5.41) is 0. The summed E-state index contributed by atoms with van der Waals surface area (Å²) in [7, 11) is 0. The molecule has 1 fully saturated rings. The second kappa shape index (κ2) is 5.75. The molecule has 0 amide bonds. The maximum Gasteiger partial charge on any atom is 0.0508 e. The van der Waals surface area contributed by atoms with Gasteiger partial charge in [-0.05, 0) is 35.3 Å². The van der Waals surface area contributed by atoms with Crippen molar-refractivity contribution in [3.63, 3.8) is 0 Å². The quantitative estimate of drug-likeness (QED) is 0.710. The first kappa shape index (κ1) is 14.1. The third-order valence-electron chi connectivity index (χ3n) is 3.70. The van der Waals surface area contributed by atoms with Crippen LogP contribution in [0.3, 0.4) is 0 Å². The SMILES string of the molecule is CC(C)(C)c1ccc(C(Br)C2CCCOC2)cc1. The second-order valence-corrected chi connectivity index (χ2v) is 7.24. The van der Waals surface area contributed by atoms with Gasteiger partial charge in [0.05, 0.1) is 6.61 Å². The normalized spacial score (nSPS) is 22.8. The zero-order valence-corrected chi connectivity index (χ0v) is 13.2.